The summed E-state index contributed by atoms with van der Waals surface area (Å²) in [4.78, 5) is 12.0. The van der Waals surface area contributed by atoms with E-state index in [-0.39, 0.29) is 5.97 Å². The van der Waals surface area contributed by atoms with E-state index in [4.69, 9.17) is 4.74 Å². The first-order valence-electron chi connectivity index (χ1n) is 9.33. The number of hydrogen-bond donors (Lipinski definition) is 0. The van der Waals surface area contributed by atoms with Crippen LogP contribution in [0.3, 0.4) is 0 Å². The Hall–Kier alpha value is -1.65. The molecule has 0 spiro atoms. The van der Waals surface area contributed by atoms with Crippen LogP contribution in [0.2, 0.25) is 0 Å². The molecule has 5 nitrogen and oxygen atoms in total. The molecule has 5 heteroatoms. The molecule has 0 aliphatic carbocycles. The van der Waals surface area contributed by atoms with Gasteiger partial charge in [0.05, 0.1) is 24.9 Å². The van der Waals surface area contributed by atoms with Crippen LogP contribution < -0.4 is 10.7 Å². The van der Waals surface area contributed by atoms with Gasteiger partial charge in [0.15, 0.2) is 0 Å². The molecule has 136 valence electrons. The van der Waals surface area contributed by atoms with Crippen molar-refractivity contribution in [1.82, 2.24) is 15.0 Å². The highest BCUT2D eigenvalue weighted by molar-refractivity contribution is 5.69. The first kappa shape index (κ1) is 20.4. The van der Waals surface area contributed by atoms with Crippen LogP contribution in [0.25, 0.3) is 12.2 Å². The Bertz CT molecular complexity index is 592. The van der Waals surface area contributed by atoms with E-state index in [1.54, 1.807) is 4.68 Å². The quantitative estimate of drug-likeness (QED) is 0.461. The van der Waals surface area contributed by atoms with Crippen LogP contribution in [0.4, 0.5) is 0 Å². The predicted octanol–water partition coefficient (Wildman–Crippen LogP) is 2.81. The number of carbonyl (C=O) groups excluding carboxylic acids is 1. The zero-order valence-electron chi connectivity index (χ0n) is 15.8. The summed E-state index contributed by atoms with van der Waals surface area (Å²) in [6.45, 7) is 9.34. The van der Waals surface area contributed by atoms with Gasteiger partial charge in [-0.2, -0.15) is 0 Å². The topological polar surface area (TPSA) is 57.0 Å². The highest BCUT2D eigenvalue weighted by atomic mass is 16.5. The van der Waals surface area contributed by atoms with Crippen molar-refractivity contribution in [2.24, 2.45) is 5.92 Å². The van der Waals surface area contributed by atoms with Gasteiger partial charge in [0, 0.05) is 0 Å². The van der Waals surface area contributed by atoms with Crippen LogP contribution >= 0.6 is 0 Å². The van der Waals surface area contributed by atoms with Gasteiger partial charge in [0.1, 0.15) is 5.35 Å². The number of aromatic nitrogens is 3. The Morgan fingerprint density at radius 2 is 1.96 bits per heavy atom. The normalized spacial score (nSPS) is 14.2. The van der Waals surface area contributed by atoms with Gasteiger partial charge in [0.25, 0.3) is 0 Å². The third-order valence-electron chi connectivity index (χ3n) is 4.27. The second kappa shape index (κ2) is 11.8. The number of carbonyl (C=O) groups is 1. The third-order valence-corrected chi connectivity index (χ3v) is 4.27. The van der Waals surface area contributed by atoms with E-state index in [2.05, 4.69) is 24.2 Å². The molecule has 0 bridgehead atoms. The van der Waals surface area contributed by atoms with Crippen molar-refractivity contribution in [2.45, 2.75) is 79.2 Å². The summed E-state index contributed by atoms with van der Waals surface area (Å²) >= 11 is 0. The minimum atomic E-state index is -0.147. The molecule has 0 aliphatic rings. The fourth-order valence-electron chi connectivity index (χ4n) is 2.88. The zero-order valence-corrected chi connectivity index (χ0v) is 15.8. The number of ether oxygens (including phenoxy) is 1. The molecule has 0 N–H and O–H groups in total. The summed E-state index contributed by atoms with van der Waals surface area (Å²) in [6.07, 6.45) is 11.4. The molecule has 1 aromatic rings. The van der Waals surface area contributed by atoms with Crippen molar-refractivity contribution >= 4 is 18.1 Å². The Morgan fingerprint density at radius 1 is 1.17 bits per heavy atom. The third kappa shape index (κ3) is 6.85. The number of hydrogen-bond acceptors (Lipinski definition) is 4. The molecule has 0 amide bonds. The van der Waals surface area contributed by atoms with E-state index in [1.807, 2.05) is 26.0 Å². The highest BCUT2D eigenvalue weighted by Crippen LogP contribution is 2.16. The maximum Gasteiger partial charge on any atom is 0.307 e. The Morgan fingerprint density at radius 3 is 2.58 bits per heavy atom. The summed E-state index contributed by atoms with van der Waals surface area (Å²) in [6, 6.07) is 0. The number of rotatable bonds is 11. The van der Waals surface area contributed by atoms with Gasteiger partial charge in [-0.3, -0.25) is 4.79 Å². The number of nitrogens with zero attached hydrogens (tertiary/aromatic N) is 3. The lowest BCUT2D eigenvalue weighted by molar-refractivity contribution is -0.145. The Kier molecular flexibility index (Phi) is 10.0. The fraction of sp³-hybridized carbons (Fsp3) is 0.737. The summed E-state index contributed by atoms with van der Waals surface area (Å²) in [5, 5.41) is 10.0. The molecule has 0 radical (unpaired) electrons. The Labute approximate surface area is 145 Å². The van der Waals surface area contributed by atoms with Crippen LogP contribution in [0.1, 0.15) is 72.6 Å². The Balaban J connectivity index is 2.44. The summed E-state index contributed by atoms with van der Waals surface area (Å²) in [5.41, 5.74) is 0. The molecular formula is C19H33N3O2. The van der Waals surface area contributed by atoms with Gasteiger partial charge in [-0.05, 0) is 32.6 Å². The number of esters is 1. The lowest BCUT2D eigenvalue weighted by Gasteiger charge is -2.16. The van der Waals surface area contributed by atoms with Crippen molar-refractivity contribution in [2.75, 3.05) is 6.61 Å². The minimum absolute atomic E-state index is 0.147. The van der Waals surface area contributed by atoms with Crippen molar-refractivity contribution in [3.05, 3.63) is 10.7 Å². The maximum atomic E-state index is 12.0. The smallest absolute Gasteiger partial charge is 0.307 e. The summed E-state index contributed by atoms with van der Waals surface area (Å²) in [5.74, 6) is 0.351. The van der Waals surface area contributed by atoms with E-state index in [0.29, 0.717) is 25.5 Å². The van der Waals surface area contributed by atoms with E-state index >= 15 is 0 Å². The average Bonchev–Trinajstić information content (AvgIpc) is 2.99. The molecule has 0 aliphatic heterocycles. The van der Waals surface area contributed by atoms with Crippen molar-refractivity contribution in [3.63, 3.8) is 0 Å². The molecule has 0 saturated carbocycles. The van der Waals surface area contributed by atoms with E-state index < -0.39 is 0 Å². The second-order valence-electron chi connectivity index (χ2n) is 6.24. The molecule has 1 heterocycles. The van der Waals surface area contributed by atoms with Crippen LogP contribution in [0.15, 0.2) is 0 Å². The second-order valence-corrected chi connectivity index (χ2v) is 6.24. The van der Waals surface area contributed by atoms with Crippen LogP contribution in [0, 0.1) is 5.92 Å². The molecular weight excluding hydrogens is 302 g/mol. The standard InChI is InChI=1S/C19H33N3O2/c1-5-9-10-12-16(11-6-2)15-24-19(23)13-14-22-18(8-4)17(7-3)20-21-22/h7-8,16H,5-6,9-15H2,1-4H3/b17-7+,18-8+. The number of aryl methyl sites for hydroxylation is 1. The van der Waals surface area contributed by atoms with Gasteiger partial charge in [0.2, 0.25) is 0 Å². The first-order chi connectivity index (χ1) is 11.7. The molecule has 0 saturated heterocycles. The molecule has 0 aromatic carbocycles. The van der Waals surface area contributed by atoms with Gasteiger partial charge < -0.3 is 4.74 Å². The molecule has 1 unspecified atom stereocenters. The molecule has 1 aromatic heterocycles. The lowest BCUT2D eigenvalue weighted by Crippen LogP contribution is -2.30. The van der Waals surface area contributed by atoms with E-state index in [9.17, 15) is 4.79 Å². The number of unbranched alkanes of at least 4 members (excludes halogenated alkanes) is 2. The largest absolute Gasteiger partial charge is 0.465 e. The van der Waals surface area contributed by atoms with Gasteiger partial charge in [-0.1, -0.05) is 56.9 Å². The zero-order chi connectivity index (χ0) is 17.8. The SMILES string of the molecule is C/C=c1/nnn(CCC(=O)OCC(CCC)CCCCC)/c1=C/C. The van der Waals surface area contributed by atoms with Crippen molar-refractivity contribution < 1.29 is 9.53 Å². The molecule has 1 rings (SSSR count). The highest BCUT2D eigenvalue weighted by Gasteiger charge is 2.12. The predicted molar refractivity (Wildman–Crippen MR) is 97.7 cm³/mol. The lowest BCUT2D eigenvalue weighted by atomic mass is 9.97. The van der Waals surface area contributed by atoms with Crippen LogP contribution in [-0.2, 0) is 16.1 Å². The summed E-state index contributed by atoms with van der Waals surface area (Å²) in [7, 11) is 0. The molecule has 24 heavy (non-hydrogen) atoms. The fourth-order valence-corrected chi connectivity index (χ4v) is 2.88. The average molecular weight is 335 g/mol. The van der Waals surface area contributed by atoms with Gasteiger partial charge in [-0.25, -0.2) is 4.68 Å². The van der Waals surface area contributed by atoms with Gasteiger partial charge >= 0.3 is 5.97 Å². The first-order valence-corrected chi connectivity index (χ1v) is 9.33. The van der Waals surface area contributed by atoms with Crippen molar-refractivity contribution in [3.8, 4) is 0 Å². The monoisotopic (exact) mass is 335 g/mol. The van der Waals surface area contributed by atoms with Crippen LogP contribution in [-0.4, -0.2) is 27.6 Å². The minimum Gasteiger partial charge on any atom is -0.465 e. The van der Waals surface area contributed by atoms with Crippen LogP contribution in [0.5, 0.6) is 0 Å². The molecule has 1 atom stereocenters. The van der Waals surface area contributed by atoms with Crippen molar-refractivity contribution in [1.29, 1.82) is 0 Å². The molecule has 0 fully saturated rings. The van der Waals surface area contributed by atoms with Gasteiger partial charge in [-0.15, -0.1) is 5.10 Å². The van der Waals surface area contributed by atoms with E-state index in [1.165, 1.54) is 19.3 Å². The van der Waals surface area contributed by atoms with E-state index in [0.717, 1.165) is 30.0 Å². The maximum absolute atomic E-state index is 12.0. The summed E-state index contributed by atoms with van der Waals surface area (Å²) < 4.78 is 7.26.